The van der Waals surface area contributed by atoms with Crippen LogP contribution in [0.1, 0.15) is 46.1 Å². The largest absolute Gasteiger partial charge is 0.484 e. The van der Waals surface area contributed by atoms with Crippen molar-refractivity contribution in [2.75, 3.05) is 29.9 Å². The Labute approximate surface area is 168 Å². The number of piperidine rings is 1. The van der Waals surface area contributed by atoms with E-state index in [1.807, 2.05) is 30.3 Å². The van der Waals surface area contributed by atoms with Crippen molar-refractivity contribution in [1.82, 2.24) is 0 Å². The summed E-state index contributed by atoms with van der Waals surface area (Å²) in [6.45, 7) is 10.9. The fourth-order valence-corrected chi connectivity index (χ4v) is 3.49. The minimum absolute atomic E-state index is 0.000231. The molecule has 4 heteroatoms. The summed E-state index contributed by atoms with van der Waals surface area (Å²) in [5.41, 5.74) is 3.30. The number of ether oxygens (including phenoxy) is 1. The fourth-order valence-electron chi connectivity index (χ4n) is 3.49. The number of rotatable bonds is 5. The summed E-state index contributed by atoms with van der Waals surface area (Å²) in [5.74, 6) is 1.34. The molecule has 0 aromatic heterocycles. The maximum absolute atomic E-state index is 12.4. The van der Waals surface area contributed by atoms with E-state index in [9.17, 15) is 4.79 Å². The molecule has 0 aliphatic carbocycles. The summed E-state index contributed by atoms with van der Waals surface area (Å²) >= 11 is 0. The summed E-state index contributed by atoms with van der Waals surface area (Å²) in [7, 11) is 0. The van der Waals surface area contributed by atoms with Crippen LogP contribution < -0.4 is 15.0 Å². The molecule has 3 rings (SSSR count). The van der Waals surface area contributed by atoms with E-state index in [2.05, 4.69) is 56.1 Å². The molecule has 2 aromatic carbocycles. The molecule has 4 nitrogen and oxygen atoms in total. The van der Waals surface area contributed by atoms with Gasteiger partial charge >= 0.3 is 0 Å². The Morgan fingerprint density at radius 1 is 1.07 bits per heavy atom. The fraction of sp³-hybridized carbons (Fsp3) is 0.458. The Morgan fingerprint density at radius 2 is 1.71 bits per heavy atom. The number of nitrogens with one attached hydrogen (secondary N) is 1. The van der Waals surface area contributed by atoms with Gasteiger partial charge in [0.2, 0.25) is 0 Å². The summed E-state index contributed by atoms with van der Waals surface area (Å²) in [4.78, 5) is 14.8. The van der Waals surface area contributed by atoms with E-state index in [1.165, 1.54) is 18.4 Å². The standard InChI is InChI=1S/C24H32N2O2/c1-18-13-15-26(16-14-18)22-8-6-5-7-21(22)25-23(27)17-28-20-11-9-19(10-12-20)24(2,3)4/h5-12,18H,13-17H2,1-4H3,(H,25,27). The third kappa shape index (κ3) is 5.28. The van der Waals surface area contributed by atoms with Crippen LogP contribution in [0.25, 0.3) is 0 Å². The van der Waals surface area contributed by atoms with Gasteiger partial charge in [-0.3, -0.25) is 4.79 Å². The number of hydrogen-bond acceptors (Lipinski definition) is 3. The summed E-state index contributed by atoms with van der Waals surface area (Å²) in [6.07, 6.45) is 2.38. The number of nitrogens with zero attached hydrogens (tertiary/aromatic N) is 1. The Bertz CT molecular complexity index is 785. The second kappa shape index (κ2) is 8.68. The maximum atomic E-state index is 12.4. The highest BCUT2D eigenvalue weighted by atomic mass is 16.5. The average Bonchev–Trinajstić information content (AvgIpc) is 2.67. The van der Waals surface area contributed by atoms with Crippen LogP contribution in [0.5, 0.6) is 5.75 Å². The van der Waals surface area contributed by atoms with Crippen LogP contribution >= 0.6 is 0 Å². The molecule has 1 amide bonds. The van der Waals surface area contributed by atoms with E-state index < -0.39 is 0 Å². The Balaban J connectivity index is 1.58. The van der Waals surface area contributed by atoms with Gasteiger partial charge in [0, 0.05) is 13.1 Å². The van der Waals surface area contributed by atoms with E-state index in [1.54, 1.807) is 0 Å². The van der Waals surface area contributed by atoms with Gasteiger partial charge in [-0.2, -0.15) is 0 Å². The first-order valence-electron chi connectivity index (χ1n) is 10.2. The molecule has 1 saturated heterocycles. The quantitative estimate of drug-likeness (QED) is 0.771. The SMILES string of the molecule is CC1CCN(c2ccccc2NC(=O)COc2ccc(C(C)(C)C)cc2)CC1. The molecular weight excluding hydrogens is 348 g/mol. The number of carbonyl (C=O) groups is 1. The second-order valence-corrected chi connectivity index (χ2v) is 8.80. The van der Waals surface area contributed by atoms with Crippen LogP contribution in [0.15, 0.2) is 48.5 Å². The molecule has 1 fully saturated rings. The molecule has 28 heavy (non-hydrogen) atoms. The molecule has 0 unspecified atom stereocenters. The van der Waals surface area contributed by atoms with Crippen LogP contribution in [-0.2, 0) is 10.2 Å². The number of hydrogen-bond donors (Lipinski definition) is 1. The Kier molecular flexibility index (Phi) is 6.28. The predicted molar refractivity (Wildman–Crippen MR) is 116 cm³/mol. The predicted octanol–water partition coefficient (Wildman–Crippen LogP) is 5.24. The lowest BCUT2D eigenvalue weighted by atomic mass is 9.87. The topological polar surface area (TPSA) is 41.6 Å². The summed E-state index contributed by atoms with van der Waals surface area (Å²) < 4.78 is 5.68. The minimum atomic E-state index is -0.141. The lowest BCUT2D eigenvalue weighted by Gasteiger charge is -2.33. The normalized spacial score (nSPS) is 15.4. The molecule has 150 valence electrons. The number of benzene rings is 2. The monoisotopic (exact) mass is 380 g/mol. The highest BCUT2D eigenvalue weighted by Gasteiger charge is 2.19. The van der Waals surface area contributed by atoms with Gasteiger partial charge in [-0.1, -0.05) is 52.0 Å². The zero-order valence-corrected chi connectivity index (χ0v) is 17.5. The van der Waals surface area contributed by atoms with E-state index in [4.69, 9.17) is 4.74 Å². The van der Waals surface area contributed by atoms with E-state index >= 15 is 0 Å². The number of anilines is 2. The maximum Gasteiger partial charge on any atom is 0.262 e. The van der Waals surface area contributed by atoms with Crippen molar-refractivity contribution in [2.24, 2.45) is 5.92 Å². The minimum Gasteiger partial charge on any atom is -0.484 e. The summed E-state index contributed by atoms with van der Waals surface area (Å²) in [6, 6.07) is 16.0. The smallest absolute Gasteiger partial charge is 0.262 e. The van der Waals surface area contributed by atoms with E-state index in [-0.39, 0.29) is 17.9 Å². The Hall–Kier alpha value is -2.49. The van der Waals surface area contributed by atoms with Crippen LogP contribution in [0, 0.1) is 5.92 Å². The number of para-hydroxylation sites is 2. The van der Waals surface area contributed by atoms with Gasteiger partial charge in [0.05, 0.1) is 11.4 Å². The molecular formula is C24H32N2O2. The second-order valence-electron chi connectivity index (χ2n) is 8.80. The third-order valence-electron chi connectivity index (χ3n) is 5.39. The van der Waals surface area contributed by atoms with Gasteiger partial charge in [-0.15, -0.1) is 0 Å². The molecule has 1 heterocycles. The van der Waals surface area contributed by atoms with Gasteiger partial charge in [0.25, 0.3) is 5.91 Å². The van der Waals surface area contributed by atoms with Crippen molar-refractivity contribution in [3.05, 3.63) is 54.1 Å². The molecule has 2 aromatic rings. The third-order valence-corrected chi connectivity index (χ3v) is 5.39. The lowest BCUT2D eigenvalue weighted by Crippen LogP contribution is -2.33. The first kappa shape index (κ1) is 20.2. The Morgan fingerprint density at radius 3 is 2.36 bits per heavy atom. The molecule has 0 saturated carbocycles. The van der Waals surface area contributed by atoms with Crippen molar-refractivity contribution in [3.63, 3.8) is 0 Å². The van der Waals surface area contributed by atoms with Crippen molar-refractivity contribution in [3.8, 4) is 5.75 Å². The van der Waals surface area contributed by atoms with Gasteiger partial charge in [-0.05, 0) is 54.0 Å². The zero-order valence-electron chi connectivity index (χ0n) is 17.5. The van der Waals surface area contributed by atoms with Gasteiger partial charge < -0.3 is 15.0 Å². The average molecular weight is 381 g/mol. The van der Waals surface area contributed by atoms with Crippen molar-refractivity contribution in [2.45, 2.75) is 46.0 Å². The molecule has 0 spiro atoms. The number of amides is 1. The van der Waals surface area contributed by atoms with Gasteiger partial charge in [0.1, 0.15) is 5.75 Å². The van der Waals surface area contributed by atoms with Crippen LogP contribution in [0.4, 0.5) is 11.4 Å². The van der Waals surface area contributed by atoms with Crippen molar-refractivity contribution in [1.29, 1.82) is 0 Å². The molecule has 0 radical (unpaired) electrons. The van der Waals surface area contributed by atoms with Crippen LogP contribution in [0.2, 0.25) is 0 Å². The first-order chi connectivity index (χ1) is 13.3. The molecule has 0 atom stereocenters. The highest BCUT2D eigenvalue weighted by Crippen LogP contribution is 2.29. The first-order valence-corrected chi connectivity index (χ1v) is 10.2. The summed E-state index contributed by atoms with van der Waals surface area (Å²) in [5, 5.41) is 3.02. The van der Waals surface area contributed by atoms with Crippen LogP contribution in [-0.4, -0.2) is 25.6 Å². The van der Waals surface area contributed by atoms with E-state index in [0.717, 1.165) is 30.4 Å². The molecule has 1 aliphatic heterocycles. The zero-order chi connectivity index (χ0) is 20.1. The van der Waals surface area contributed by atoms with E-state index in [0.29, 0.717) is 5.75 Å². The number of carbonyl (C=O) groups excluding carboxylic acids is 1. The highest BCUT2D eigenvalue weighted by molar-refractivity contribution is 5.95. The van der Waals surface area contributed by atoms with Crippen LogP contribution in [0.3, 0.4) is 0 Å². The molecule has 1 aliphatic rings. The van der Waals surface area contributed by atoms with Gasteiger partial charge in [0.15, 0.2) is 6.61 Å². The van der Waals surface area contributed by atoms with Crippen molar-refractivity contribution >= 4 is 17.3 Å². The van der Waals surface area contributed by atoms with Crippen molar-refractivity contribution < 1.29 is 9.53 Å². The molecule has 1 N–H and O–H groups in total. The lowest BCUT2D eigenvalue weighted by molar-refractivity contribution is -0.118. The molecule has 0 bridgehead atoms. The van der Waals surface area contributed by atoms with Gasteiger partial charge in [-0.25, -0.2) is 0 Å².